The van der Waals surface area contributed by atoms with Gasteiger partial charge in [0, 0.05) is 10.7 Å². The summed E-state index contributed by atoms with van der Waals surface area (Å²) in [6.45, 7) is 3.46. The summed E-state index contributed by atoms with van der Waals surface area (Å²) in [5.41, 5.74) is 0. The lowest BCUT2D eigenvalue weighted by atomic mass is 10.4. The van der Waals surface area contributed by atoms with Gasteiger partial charge in [0.1, 0.15) is 0 Å². The summed E-state index contributed by atoms with van der Waals surface area (Å²) in [6.07, 6.45) is 8.04. The lowest BCUT2D eigenvalue weighted by Gasteiger charge is -1.92. The third-order valence-corrected chi connectivity index (χ3v) is 2.60. The standard InChI is InChI=1S/C8H11ClO2S/c1-3-5-6-7-8(4-2)12(9,10)11/h3-7H,1-2H3/b5-3-,7-6-,8-4+. The lowest BCUT2D eigenvalue weighted by molar-refractivity contribution is 0.615. The van der Waals surface area contributed by atoms with Crippen molar-refractivity contribution in [2.24, 2.45) is 0 Å². The smallest absolute Gasteiger partial charge is 0.207 e. The second-order valence-electron chi connectivity index (χ2n) is 2.01. The molecule has 0 aliphatic rings. The van der Waals surface area contributed by atoms with Crippen LogP contribution >= 0.6 is 10.7 Å². The Balaban J connectivity index is 4.65. The predicted molar refractivity (Wildman–Crippen MR) is 52.5 cm³/mol. The van der Waals surface area contributed by atoms with Gasteiger partial charge >= 0.3 is 0 Å². The van der Waals surface area contributed by atoms with Crippen molar-refractivity contribution in [1.82, 2.24) is 0 Å². The van der Waals surface area contributed by atoms with Crippen LogP contribution in [0.1, 0.15) is 13.8 Å². The van der Waals surface area contributed by atoms with E-state index < -0.39 is 9.05 Å². The number of allylic oxidation sites excluding steroid dienone is 5. The first-order chi connectivity index (χ1) is 5.52. The van der Waals surface area contributed by atoms with E-state index in [1.807, 2.05) is 6.92 Å². The van der Waals surface area contributed by atoms with Crippen LogP contribution in [0.5, 0.6) is 0 Å². The first-order valence-corrected chi connectivity index (χ1v) is 5.73. The van der Waals surface area contributed by atoms with Gasteiger partial charge in [0.2, 0.25) is 0 Å². The Bertz CT molecular complexity index is 310. The minimum atomic E-state index is -3.58. The SMILES string of the molecule is C\C=C/C=C\C(=C/C)S(=O)(=O)Cl. The van der Waals surface area contributed by atoms with Crippen LogP contribution in [0.3, 0.4) is 0 Å². The fourth-order valence-corrected chi connectivity index (χ4v) is 1.52. The third kappa shape index (κ3) is 4.36. The van der Waals surface area contributed by atoms with Gasteiger partial charge in [0.25, 0.3) is 9.05 Å². The van der Waals surface area contributed by atoms with Gasteiger partial charge in [-0.25, -0.2) is 8.42 Å². The van der Waals surface area contributed by atoms with Gasteiger partial charge in [0.15, 0.2) is 0 Å². The van der Waals surface area contributed by atoms with Crippen LogP contribution < -0.4 is 0 Å². The Morgan fingerprint density at radius 2 is 1.83 bits per heavy atom. The summed E-state index contributed by atoms with van der Waals surface area (Å²) < 4.78 is 21.6. The molecular formula is C8H11ClO2S. The molecule has 0 bridgehead atoms. The van der Waals surface area contributed by atoms with Gasteiger partial charge in [-0.2, -0.15) is 0 Å². The fourth-order valence-electron chi connectivity index (χ4n) is 0.580. The normalized spacial score (nSPS) is 14.8. The average molecular weight is 207 g/mol. The zero-order chi connectivity index (χ0) is 9.61. The van der Waals surface area contributed by atoms with Gasteiger partial charge in [-0.05, 0) is 19.9 Å². The molecule has 0 saturated heterocycles. The number of hydrogen-bond donors (Lipinski definition) is 0. The molecule has 0 unspecified atom stereocenters. The third-order valence-electron chi connectivity index (χ3n) is 1.13. The number of hydrogen-bond acceptors (Lipinski definition) is 2. The Hall–Kier alpha value is -0.540. The Morgan fingerprint density at radius 1 is 1.25 bits per heavy atom. The second-order valence-corrected chi connectivity index (χ2v) is 4.58. The number of rotatable bonds is 3. The van der Waals surface area contributed by atoms with Crippen molar-refractivity contribution in [3.63, 3.8) is 0 Å². The molecule has 68 valence electrons. The molecule has 0 aromatic carbocycles. The maximum absolute atomic E-state index is 10.8. The first kappa shape index (κ1) is 11.5. The van der Waals surface area contributed by atoms with Gasteiger partial charge in [-0.3, -0.25) is 0 Å². The summed E-state index contributed by atoms with van der Waals surface area (Å²) in [7, 11) is 1.52. The highest BCUT2D eigenvalue weighted by Gasteiger charge is 2.07. The van der Waals surface area contributed by atoms with Gasteiger partial charge < -0.3 is 0 Å². The minimum absolute atomic E-state index is 0.113. The van der Waals surface area contributed by atoms with Gasteiger partial charge in [0.05, 0.1) is 4.91 Å². The summed E-state index contributed by atoms with van der Waals surface area (Å²) in [5.74, 6) is 0. The van der Waals surface area contributed by atoms with Crippen LogP contribution in [0.4, 0.5) is 0 Å². The Labute approximate surface area is 77.7 Å². The monoisotopic (exact) mass is 206 g/mol. The molecule has 0 rings (SSSR count). The highest BCUT2D eigenvalue weighted by Crippen LogP contribution is 2.12. The summed E-state index contributed by atoms with van der Waals surface area (Å²) in [4.78, 5) is 0.113. The van der Waals surface area contributed by atoms with E-state index >= 15 is 0 Å². The minimum Gasteiger partial charge on any atom is -0.207 e. The van der Waals surface area contributed by atoms with Crippen LogP contribution in [0.25, 0.3) is 0 Å². The maximum Gasteiger partial charge on any atom is 0.260 e. The van der Waals surface area contributed by atoms with Crippen LogP contribution in [-0.2, 0) is 9.05 Å². The molecule has 0 aromatic rings. The molecule has 12 heavy (non-hydrogen) atoms. The largest absolute Gasteiger partial charge is 0.260 e. The topological polar surface area (TPSA) is 34.1 Å². The van der Waals surface area contributed by atoms with E-state index in [0.717, 1.165) is 0 Å². The molecule has 0 fully saturated rings. The van der Waals surface area contributed by atoms with Crippen LogP contribution in [-0.4, -0.2) is 8.42 Å². The predicted octanol–water partition coefficient (Wildman–Crippen LogP) is 2.59. The van der Waals surface area contributed by atoms with Crippen LogP contribution in [0.2, 0.25) is 0 Å². The van der Waals surface area contributed by atoms with E-state index in [2.05, 4.69) is 0 Å². The van der Waals surface area contributed by atoms with E-state index in [1.165, 1.54) is 12.2 Å². The molecule has 0 heterocycles. The summed E-state index contributed by atoms with van der Waals surface area (Å²) in [5, 5.41) is 0. The quantitative estimate of drug-likeness (QED) is 0.526. The lowest BCUT2D eigenvalue weighted by Crippen LogP contribution is -1.90. The molecule has 0 amide bonds. The molecule has 4 heteroatoms. The van der Waals surface area contributed by atoms with Crippen molar-refractivity contribution in [3.8, 4) is 0 Å². The van der Waals surface area contributed by atoms with E-state index in [0.29, 0.717) is 0 Å². The van der Waals surface area contributed by atoms with E-state index in [1.54, 1.807) is 25.2 Å². The van der Waals surface area contributed by atoms with Gasteiger partial charge in [-0.15, -0.1) is 0 Å². The Kier molecular flexibility index (Phi) is 4.93. The van der Waals surface area contributed by atoms with Crippen molar-refractivity contribution in [2.45, 2.75) is 13.8 Å². The highest BCUT2D eigenvalue weighted by atomic mass is 35.7. The van der Waals surface area contributed by atoms with Crippen LogP contribution in [0.15, 0.2) is 35.3 Å². The van der Waals surface area contributed by atoms with Crippen molar-refractivity contribution in [3.05, 3.63) is 35.3 Å². The van der Waals surface area contributed by atoms with Crippen molar-refractivity contribution >= 4 is 19.7 Å². The molecule has 0 spiro atoms. The maximum atomic E-state index is 10.8. The Morgan fingerprint density at radius 3 is 2.17 bits per heavy atom. The average Bonchev–Trinajstić information content (AvgIpc) is 1.95. The first-order valence-electron chi connectivity index (χ1n) is 3.42. The molecule has 0 radical (unpaired) electrons. The van der Waals surface area contributed by atoms with E-state index in [4.69, 9.17) is 10.7 Å². The van der Waals surface area contributed by atoms with E-state index in [9.17, 15) is 8.42 Å². The zero-order valence-electron chi connectivity index (χ0n) is 6.99. The number of halogens is 1. The molecule has 0 aliphatic carbocycles. The molecule has 0 N–H and O–H groups in total. The molecular weight excluding hydrogens is 196 g/mol. The van der Waals surface area contributed by atoms with Gasteiger partial charge in [-0.1, -0.05) is 24.3 Å². The zero-order valence-corrected chi connectivity index (χ0v) is 8.56. The molecule has 0 atom stereocenters. The van der Waals surface area contributed by atoms with Crippen molar-refractivity contribution in [2.75, 3.05) is 0 Å². The molecule has 0 saturated carbocycles. The summed E-state index contributed by atoms with van der Waals surface area (Å²) in [6, 6.07) is 0. The molecule has 0 aliphatic heterocycles. The fraction of sp³-hybridized carbons (Fsp3) is 0.250. The van der Waals surface area contributed by atoms with Crippen molar-refractivity contribution in [1.29, 1.82) is 0 Å². The molecule has 0 aromatic heterocycles. The molecule has 2 nitrogen and oxygen atoms in total. The second kappa shape index (κ2) is 5.17. The highest BCUT2D eigenvalue weighted by molar-refractivity contribution is 8.17. The van der Waals surface area contributed by atoms with Crippen LogP contribution in [0, 0.1) is 0 Å². The van der Waals surface area contributed by atoms with E-state index in [-0.39, 0.29) is 4.91 Å². The van der Waals surface area contributed by atoms with Crippen molar-refractivity contribution < 1.29 is 8.42 Å². The summed E-state index contributed by atoms with van der Waals surface area (Å²) >= 11 is 0.